The van der Waals surface area contributed by atoms with Gasteiger partial charge in [0, 0.05) is 31.0 Å². The molecule has 1 heterocycles. The lowest BCUT2D eigenvalue weighted by Gasteiger charge is -2.23. The first-order valence-corrected chi connectivity index (χ1v) is 5.68. The summed E-state index contributed by atoms with van der Waals surface area (Å²) in [5.74, 6) is -0.234. The zero-order chi connectivity index (χ0) is 13.9. The lowest BCUT2D eigenvalue weighted by molar-refractivity contribution is -0.274. The van der Waals surface area contributed by atoms with Gasteiger partial charge in [-0.05, 0) is 17.7 Å². The first-order chi connectivity index (χ1) is 8.98. The van der Waals surface area contributed by atoms with Crippen molar-refractivity contribution in [3.8, 4) is 5.75 Å². The van der Waals surface area contributed by atoms with Gasteiger partial charge in [-0.15, -0.1) is 13.2 Å². The molecule has 0 radical (unpaired) electrons. The Morgan fingerprint density at radius 2 is 2.11 bits per heavy atom. The summed E-state index contributed by atoms with van der Waals surface area (Å²) in [6.45, 7) is 0.963. The van der Waals surface area contributed by atoms with Crippen molar-refractivity contribution in [3.63, 3.8) is 0 Å². The molecule has 0 bridgehead atoms. The average molecular weight is 270 g/mol. The van der Waals surface area contributed by atoms with E-state index in [9.17, 15) is 13.2 Å². The van der Waals surface area contributed by atoms with E-state index in [1.54, 1.807) is 6.07 Å². The predicted molar refractivity (Wildman–Crippen MR) is 66.7 cm³/mol. The Bertz CT molecular complexity index is 509. The minimum Gasteiger partial charge on any atom is -0.406 e. The molecule has 0 amide bonds. The zero-order valence-corrected chi connectivity index (χ0v) is 10.0. The Hall–Kier alpha value is -1.95. The molecule has 0 spiro atoms. The average Bonchev–Trinajstić information content (AvgIpc) is 2.37. The van der Waals surface area contributed by atoms with Gasteiger partial charge in [-0.25, -0.2) is 0 Å². The topological polar surface area (TPSA) is 38.5 Å². The number of rotatable bonds is 3. The Morgan fingerprint density at radius 1 is 1.32 bits per heavy atom. The van der Waals surface area contributed by atoms with E-state index in [1.165, 1.54) is 18.2 Å². The molecular weight excluding hydrogens is 257 g/mol. The molecule has 0 fully saturated rings. The van der Waals surface area contributed by atoms with E-state index < -0.39 is 6.36 Å². The summed E-state index contributed by atoms with van der Waals surface area (Å²) >= 11 is 0. The Morgan fingerprint density at radius 3 is 2.79 bits per heavy atom. The highest BCUT2D eigenvalue weighted by atomic mass is 19.4. The Kier molecular flexibility index (Phi) is 3.80. The highest BCUT2D eigenvalue weighted by Crippen LogP contribution is 2.27. The van der Waals surface area contributed by atoms with Crippen LogP contribution in [0.2, 0.25) is 0 Å². The molecule has 0 unspecified atom stereocenters. The number of hydrogen-bond donors (Lipinski definition) is 1. The molecule has 1 aliphatic rings. The second-order valence-corrected chi connectivity index (χ2v) is 4.01. The number of hydrogen-bond acceptors (Lipinski definition) is 3. The van der Waals surface area contributed by atoms with Gasteiger partial charge in [0.1, 0.15) is 5.75 Å². The van der Waals surface area contributed by atoms with Gasteiger partial charge < -0.3 is 15.4 Å². The lowest BCUT2D eigenvalue weighted by atomic mass is 10.2. The predicted octanol–water partition coefficient (Wildman–Crippen LogP) is 2.80. The van der Waals surface area contributed by atoms with Crippen molar-refractivity contribution in [3.05, 3.63) is 48.2 Å². The molecule has 0 atom stereocenters. The molecule has 6 heteroatoms. The number of ether oxygens (including phenoxy) is 1. The van der Waals surface area contributed by atoms with Gasteiger partial charge in [0.05, 0.1) is 0 Å². The molecule has 2 rings (SSSR count). The third-order valence-electron chi connectivity index (χ3n) is 2.57. The summed E-state index contributed by atoms with van der Waals surface area (Å²) in [5.41, 5.74) is 7.07. The van der Waals surface area contributed by atoms with Crippen molar-refractivity contribution in [1.82, 2.24) is 0 Å². The summed E-state index contributed by atoms with van der Waals surface area (Å²) in [4.78, 5) is 1.81. The number of nitrogens with zero attached hydrogens (tertiary/aromatic N) is 1. The van der Waals surface area contributed by atoms with Crippen molar-refractivity contribution in [2.24, 2.45) is 5.73 Å². The van der Waals surface area contributed by atoms with E-state index in [0.717, 1.165) is 5.57 Å². The smallest absolute Gasteiger partial charge is 0.406 e. The number of alkyl halides is 3. The fraction of sp³-hybridized carbons (Fsp3) is 0.231. The highest BCUT2D eigenvalue weighted by molar-refractivity contribution is 5.55. The third kappa shape index (κ3) is 3.75. The van der Waals surface area contributed by atoms with Crippen LogP contribution in [-0.4, -0.2) is 19.5 Å². The maximum absolute atomic E-state index is 12.2. The van der Waals surface area contributed by atoms with Crippen LogP contribution in [0.15, 0.2) is 48.2 Å². The first kappa shape index (κ1) is 13.5. The van der Waals surface area contributed by atoms with Gasteiger partial charge in [-0.1, -0.05) is 18.2 Å². The van der Waals surface area contributed by atoms with Crippen LogP contribution in [-0.2, 0) is 0 Å². The van der Waals surface area contributed by atoms with E-state index in [1.807, 2.05) is 23.3 Å². The van der Waals surface area contributed by atoms with Crippen LogP contribution in [0.25, 0.3) is 0 Å². The largest absolute Gasteiger partial charge is 0.573 e. The summed E-state index contributed by atoms with van der Waals surface area (Å²) in [7, 11) is 0. The van der Waals surface area contributed by atoms with E-state index >= 15 is 0 Å². The molecule has 3 nitrogen and oxygen atoms in total. The van der Waals surface area contributed by atoms with Crippen LogP contribution in [0.1, 0.15) is 0 Å². The Balaban J connectivity index is 2.20. The third-order valence-corrected chi connectivity index (χ3v) is 2.57. The number of halogens is 3. The fourth-order valence-corrected chi connectivity index (χ4v) is 1.77. The molecule has 0 saturated heterocycles. The normalized spacial score (nSPS) is 15.4. The van der Waals surface area contributed by atoms with Gasteiger partial charge in [0.2, 0.25) is 0 Å². The highest BCUT2D eigenvalue weighted by Gasteiger charge is 2.31. The second kappa shape index (κ2) is 5.36. The quantitative estimate of drug-likeness (QED) is 0.917. The summed E-state index contributed by atoms with van der Waals surface area (Å²) in [5, 5.41) is 0. The van der Waals surface area contributed by atoms with Crippen molar-refractivity contribution in [2.45, 2.75) is 6.36 Å². The van der Waals surface area contributed by atoms with Crippen LogP contribution in [0.5, 0.6) is 5.75 Å². The van der Waals surface area contributed by atoms with Crippen LogP contribution >= 0.6 is 0 Å². The van der Waals surface area contributed by atoms with Crippen LogP contribution < -0.4 is 15.4 Å². The SMILES string of the molecule is NCC1=CN(c2cccc(OC(F)(F)F)c2)CC=C1. The van der Waals surface area contributed by atoms with E-state index in [-0.39, 0.29) is 5.75 Å². The van der Waals surface area contributed by atoms with Gasteiger partial charge >= 0.3 is 6.36 Å². The molecule has 19 heavy (non-hydrogen) atoms. The zero-order valence-electron chi connectivity index (χ0n) is 10.0. The van der Waals surface area contributed by atoms with Gasteiger partial charge in [-0.2, -0.15) is 0 Å². The van der Waals surface area contributed by atoms with E-state index in [2.05, 4.69) is 4.74 Å². The van der Waals surface area contributed by atoms with Gasteiger partial charge in [0.15, 0.2) is 0 Å². The van der Waals surface area contributed by atoms with Crippen molar-refractivity contribution in [2.75, 3.05) is 18.0 Å². The van der Waals surface area contributed by atoms with Crippen molar-refractivity contribution in [1.29, 1.82) is 0 Å². The molecule has 1 aromatic rings. The number of nitrogens with two attached hydrogens (primary N) is 1. The summed E-state index contributed by atoms with van der Waals surface area (Å²) in [6.07, 6.45) is 0.928. The molecule has 102 valence electrons. The van der Waals surface area contributed by atoms with Crippen molar-refractivity contribution < 1.29 is 17.9 Å². The van der Waals surface area contributed by atoms with Crippen LogP contribution in [0.3, 0.4) is 0 Å². The van der Waals surface area contributed by atoms with Crippen LogP contribution in [0.4, 0.5) is 18.9 Å². The number of benzene rings is 1. The van der Waals surface area contributed by atoms with Gasteiger partial charge in [-0.3, -0.25) is 0 Å². The molecule has 1 aromatic carbocycles. The monoisotopic (exact) mass is 270 g/mol. The lowest BCUT2D eigenvalue weighted by Crippen LogP contribution is -2.22. The summed E-state index contributed by atoms with van der Waals surface area (Å²) in [6, 6.07) is 5.85. The van der Waals surface area contributed by atoms with Gasteiger partial charge in [0.25, 0.3) is 0 Å². The maximum atomic E-state index is 12.2. The van der Waals surface area contributed by atoms with E-state index in [0.29, 0.717) is 18.8 Å². The molecule has 0 aliphatic carbocycles. The Labute approximate surface area is 108 Å². The second-order valence-electron chi connectivity index (χ2n) is 4.01. The minimum atomic E-state index is -4.68. The standard InChI is InChI=1S/C13H13F3N2O/c14-13(15,16)19-12-5-1-4-11(7-12)18-6-2-3-10(8-17)9-18/h1-5,7,9H,6,8,17H2. The summed E-state index contributed by atoms with van der Waals surface area (Å²) < 4.78 is 40.4. The number of anilines is 1. The maximum Gasteiger partial charge on any atom is 0.573 e. The molecule has 1 aliphatic heterocycles. The minimum absolute atomic E-state index is 0.234. The molecule has 0 aromatic heterocycles. The molecular formula is C13H13F3N2O. The molecule has 2 N–H and O–H groups in total. The first-order valence-electron chi connectivity index (χ1n) is 5.68. The van der Waals surface area contributed by atoms with Crippen LogP contribution in [0, 0.1) is 0 Å². The van der Waals surface area contributed by atoms with E-state index in [4.69, 9.17) is 5.73 Å². The van der Waals surface area contributed by atoms with Crippen molar-refractivity contribution >= 4 is 5.69 Å². The molecule has 0 saturated carbocycles. The fourth-order valence-electron chi connectivity index (χ4n) is 1.77.